The van der Waals surface area contributed by atoms with Crippen LogP contribution in [0, 0.1) is 0 Å². The molecule has 0 bridgehead atoms. The molecule has 4 nitrogen and oxygen atoms in total. The lowest BCUT2D eigenvalue weighted by Gasteiger charge is -2.31. The lowest BCUT2D eigenvalue weighted by molar-refractivity contribution is 0.240. The second kappa shape index (κ2) is 4.35. The minimum Gasteiger partial charge on any atom is -0.327 e. The molecule has 0 saturated carbocycles. The van der Waals surface area contributed by atoms with Crippen LogP contribution in [0.3, 0.4) is 0 Å². The largest absolute Gasteiger partial charge is 0.327 e. The summed E-state index contributed by atoms with van der Waals surface area (Å²) in [5, 5.41) is 3.64. The molecule has 0 aliphatic carbocycles. The van der Waals surface area contributed by atoms with Gasteiger partial charge in [0, 0.05) is 31.9 Å². The number of nitrogens with one attached hydrogen (secondary N) is 2. The second-order valence-electron chi connectivity index (χ2n) is 3.88. The molecule has 1 unspecified atom stereocenters. The molecule has 0 amide bonds. The molecule has 0 spiro atoms. The highest BCUT2D eigenvalue weighted by molar-refractivity contribution is 6.30. The number of aromatic amines is 1. The van der Waals surface area contributed by atoms with Gasteiger partial charge in [-0.2, -0.15) is 0 Å². The zero-order chi connectivity index (χ0) is 10.8. The van der Waals surface area contributed by atoms with Crippen LogP contribution in [-0.2, 0) is 0 Å². The number of rotatable bonds is 1. The molecule has 82 valence electrons. The van der Waals surface area contributed by atoms with E-state index in [2.05, 4.69) is 22.2 Å². The van der Waals surface area contributed by atoms with E-state index in [0.29, 0.717) is 0 Å². The fourth-order valence-electron chi connectivity index (χ4n) is 1.79. The number of H-pyrrole nitrogens is 1. The minimum absolute atomic E-state index is 0.232. The quantitative estimate of drug-likeness (QED) is 0.739. The van der Waals surface area contributed by atoms with Gasteiger partial charge in [0.15, 0.2) is 0 Å². The standard InChI is InChI=1S/C10H14ClN3O/c1-14-3-2-12-9(6-14)7-4-8(11)10(15)13-5-7/h4-5,9,12H,2-3,6H2,1H3,(H,13,15). The van der Waals surface area contributed by atoms with Crippen LogP contribution < -0.4 is 10.9 Å². The van der Waals surface area contributed by atoms with Crippen LogP contribution in [0.4, 0.5) is 0 Å². The van der Waals surface area contributed by atoms with E-state index in [-0.39, 0.29) is 16.6 Å². The van der Waals surface area contributed by atoms with Crippen molar-refractivity contribution < 1.29 is 0 Å². The number of hydrogen-bond acceptors (Lipinski definition) is 3. The summed E-state index contributed by atoms with van der Waals surface area (Å²) in [6, 6.07) is 1.98. The number of aromatic nitrogens is 1. The summed E-state index contributed by atoms with van der Waals surface area (Å²) in [6.07, 6.45) is 1.73. The molecule has 2 rings (SSSR count). The predicted molar refractivity (Wildman–Crippen MR) is 60.3 cm³/mol. The van der Waals surface area contributed by atoms with E-state index in [1.165, 1.54) is 0 Å². The van der Waals surface area contributed by atoms with Gasteiger partial charge in [0.05, 0.1) is 0 Å². The monoisotopic (exact) mass is 227 g/mol. The second-order valence-corrected chi connectivity index (χ2v) is 4.29. The van der Waals surface area contributed by atoms with Crippen molar-refractivity contribution in [1.82, 2.24) is 15.2 Å². The van der Waals surface area contributed by atoms with Crippen molar-refractivity contribution in [2.45, 2.75) is 6.04 Å². The highest BCUT2D eigenvalue weighted by Crippen LogP contribution is 2.16. The maximum Gasteiger partial charge on any atom is 0.266 e. The first-order valence-electron chi connectivity index (χ1n) is 4.97. The zero-order valence-electron chi connectivity index (χ0n) is 8.59. The molecule has 0 aromatic carbocycles. The van der Waals surface area contributed by atoms with Crippen LogP contribution >= 0.6 is 11.6 Å². The Morgan fingerprint density at radius 1 is 1.60 bits per heavy atom. The van der Waals surface area contributed by atoms with Crippen molar-refractivity contribution in [3.05, 3.63) is 33.2 Å². The van der Waals surface area contributed by atoms with E-state index in [9.17, 15) is 4.79 Å². The van der Waals surface area contributed by atoms with Crippen molar-refractivity contribution in [2.75, 3.05) is 26.7 Å². The molecular formula is C10H14ClN3O. The van der Waals surface area contributed by atoms with Crippen molar-refractivity contribution in [3.63, 3.8) is 0 Å². The Hall–Kier alpha value is -0.840. The van der Waals surface area contributed by atoms with E-state index in [1.54, 1.807) is 12.3 Å². The first-order valence-corrected chi connectivity index (χ1v) is 5.34. The molecular weight excluding hydrogens is 214 g/mol. The highest BCUT2D eigenvalue weighted by Gasteiger charge is 2.18. The molecule has 0 radical (unpaired) electrons. The van der Waals surface area contributed by atoms with Gasteiger partial charge in [-0.1, -0.05) is 11.6 Å². The summed E-state index contributed by atoms with van der Waals surface area (Å²) in [6.45, 7) is 2.94. The van der Waals surface area contributed by atoms with E-state index in [0.717, 1.165) is 25.2 Å². The molecule has 1 aromatic rings. The molecule has 1 aliphatic heterocycles. The van der Waals surface area contributed by atoms with Crippen LogP contribution in [0.2, 0.25) is 5.02 Å². The topological polar surface area (TPSA) is 48.1 Å². The van der Waals surface area contributed by atoms with Crippen molar-refractivity contribution >= 4 is 11.6 Å². The molecule has 1 fully saturated rings. The summed E-state index contributed by atoms with van der Waals surface area (Å²) in [4.78, 5) is 16.0. The third kappa shape index (κ3) is 2.40. The molecule has 1 aliphatic rings. The fraction of sp³-hybridized carbons (Fsp3) is 0.500. The number of likely N-dealkylation sites (N-methyl/N-ethyl adjacent to an activating group) is 1. The van der Waals surface area contributed by atoms with Gasteiger partial charge in [0.25, 0.3) is 5.56 Å². The Morgan fingerprint density at radius 3 is 3.07 bits per heavy atom. The van der Waals surface area contributed by atoms with E-state index in [1.807, 2.05) is 0 Å². The van der Waals surface area contributed by atoms with Gasteiger partial charge in [-0.3, -0.25) is 4.79 Å². The number of hydrogen-bond donors (Lipinski definition) is 2. The summed E-state index contributed by atoms with van der Waals surface area (Å²) in [5.41, 5.74) is 0.802. The van der Waals surface area contributed by atoms with Gasteiger partial charge < -0.3 is 15.2 Å². The van der Waals surface area contributed by atoms with Crippen LogP contribution in [0.5, 0.6) is 0 Å². The Kier molecular flexibility index (Phi) is 3.09. The molecule has 5 heteroatoms. The maximum atomic E-state index is 11.1. The fourth-order valence-corrected chi connectivity index (χ4v) is 1.97. The third-order valence-electron chi connectivity index (χ3n) is 2.66. The summed E-state index contributed by atoms with van der Waals surface area (Å²) < 4.78 is 0. The first kappa shape index (κ1) is 10.7. The number of halogens is 1. The Morgan fingerprint density at radius 2 is 2.40 bits per heavy atom. The Bertz CT molecular complexity index is 404. The number of piperazine rings is 1. The van der Waals surface area contributed by atoms with Crippen LogP contribution in [-0.4, -0.2) is 36.6 Å². The first-order chi connectivity index (χ1) is 7.16. The van der Waals surface area contributed by atoms with Gasteiger partial charge in [-0.15, -0.1) is 0 Å². The van der Waals surface area contributed by atoms with Gasteiger partial charge in [-0.25, -0.2) is 0 Å². The van der Waals surface area contributed by atoms with Gasteiger partial charge >= 0.3 is 0 Å². The van der Waals surface area contributed by atoms with Crippen LogP contribution in [0.1, 0.15) is 11.6 Å². The van der Waals surface area contributed by atoms with Crippen LogP contribution in [0.15, 0.2) is 17.1 Å². The van der Waals surface area contributed by atoms with Gasteiger partial charge in [0.1, 0.15) is 5.02 Å². The van der Waals surface area contributed by atoms with Crippen molar-refractivity contribution in [3.8, 4) is 0 Å². The van der Waals surface area contributed by atoms with Crippen molar-refractivity contribution in [1.29, 1.82) is 0 Å². The summed E-state index contributed by atoms with van der Waals surface area (Å²) in [7, 11) is 2.08. The lowest BCUT2D eigenvalue weighted by atomic mass is 10.1. The average Bonchev–Trinajstić information content (AvgIpc) is 2.22. The highest BCUT2D eigenvalue weighted by atomic mass is 35.5. The molecule has 1 atom stereocenters. The van der Waals surface area contributed by atoms with E-state index < -0.39 is 0 Å². The smallest absolute Gasteiger partial charge is 0.266 e. The third-order valence-corrected chi connectivity index (χ3v) is 2.94. The normalized spacial score (nSPS) is 22.9. The molecule has 2 heterocycles. The van der Waals surface area contributed by atoms with Gasteiger partial charge in [-0.05, 0) is 18.7 Å². The Labute approximate surface area is 93.2 Å². The minimum atomic E-state index is -0.232. The molecule has 2 N–H and O–H groups in total. The SMILES string of the molecule is CN1CCNC(c2c[nH]c(=O)c(Cl)c2)C1. The molecule has 1 saturated heterocycles. The predicted octanol–water partition coefficient (Wildman–Crippen LogP) is 0.604. The molecule has 15 heavy (non-hydrogen) atoms. The Balaban J connectivity index is 2.21. The van der Waals surface area contributed by atoms with Gasteiger partial charge in [0.2, 0.25) is 0 Å². The zero-order valence-corrected chi connectivity index (χ0v) is 9.34. The number of nitrogens with zero attached hydrogens (tertiary/aromatic N) is 1. The molecule has 1 aromatic heterocycles. The summed E-state index contributed by atoms with van der Waals surface area (Å²) in [5.74, 6) is 0. The van der Waals surface area contributed by atoms with E-state index in [4.69, 9.17) is 11.6 Å². The maximum absolute atomic E-state index is 11.1. The van der Waals surface area contributed by atoms with Crippen molar-refractivity contribution in [2.24, 2.45) is 0 Å². The van der Waals surface area contributed by atoms with E-state index >= 15 is 0 Å². The summed E-state index contributed by atoms with van der Waals surface area (Å²) >= 11 is 5.78. The number of pyridine rings is 1. The van der Waals surface area contributed by atoms with Crippen LogP contribution in [0.25, 0.3) is 0 Å². The average molecular weight is 228 g/mol. The lowest BCUT2D eigenvalue weighted by Crippen LogP contribution is -2.43.